The minimum atomic E-state index is -0.600. The Labute approximate surface area is 102 Å². The fourth-order valence-corrected chi connectivity index (χ4v) is 3.03. The van der Waals surface area contributed by atoms with Crippen LogP contribution in [-0.2, 0) is 6.54 Å². The molecule has 0 saturated carbocycles. The van der Waals surface area contributed by atoms with Gasteiger partial charge in [0.25, 0.3) is 0 Å². The summed E-state index contributed by atoms with van der Waals surface area (Å²) in [6.07, 6.45) is 0.127. The summed E-state index contributed by atoms with van der Waals surface area (Å²) in [6, 6.07) is 11.0. The number of nitrogens with zero attached hydrogens (tertiary/aromatic N) is 2. The standard InChI is InChI=1S/C14H19FN2/c15-13-8-14-11-16(6-7-17(14)10-13)9-12-4-2-1-3-5-12/h1-5,13-14H,6-11H2/t13-,14+/m1/s1. The highest BCUT2D eigenvalue weighted by Gasteiger charge is 2.35. The maximum Gasteiger partial charge on any atom is 0.114 e. The van der Waals surface area contributed by atoms with Crippen LogP contribution in [0.4, 0.5) is 4.39 Å². The van der Waals surface area contributed by atoms with Gasteiger partial charge in [0.05, 0.1) is 0 Å². The number of benzene rings is 1. The Balaban J connectivity index is 1.60. The molecule has 2 nitrogen and oxygen atoms in total. The summed E-state index contributed by atoms with van der Waals surface area (Å²) in [5, 5.41) is 0. The lowest BCUT2D eigenvalue weighted by molar-refractivity contribution is 0.0987. The Bertz CT molecular complexity index is 368. The summed E-state index contributed by atoms with van der Waals surface area (Å²) in [7, 11) is 0. The maximum absolute atomic E-state index is 13.3. The predicted molar refractivity (Wildman–Crippen MR) is 66.6 cm³/mol. The van der Waals surface area contributed by atoms with Crippen LogP contribution in [0.15, 0.2) is 30.3 Å². The SMILES string of the molecule is F[C@@H]1C[C@H]2CN(Cc3ccccc3)CCN2C1. The minimum absolute atomic E-state index is 0.447. The predicted octanol–water partition coefficient (Wildman–Crippen LogP) is 1.91. The molecule has 1 aromatic carbocycles. The van der Waals surface area contributed by atoms with E-state index in [9.17, 15) is 4.39 Å². The molecule has 0 amide bonds. The highest BCUT2D eigenvalue weighted by Crippen LogP contribution is 2.24. The number of fused-ring (bicyclic) bond motifs is 1. The summed E-state index contributed by atoms with van der Waals surface area (Å²) in [5.74, 6) is 0. The van der Waals surface area contributed by atoms with E-state index in [2.05, 4.69) is 34.1 Å². The normalized spacial score (nSPS) is 30.4. The monoisotopic (exact) mass is 234 g/mol. The molecule has 0 aliphatic carbocycles. The molecule has 1 aromatic rings. The molecule has 0 aromatic heterocycles. The second kappa shape index (κ2) is 4.75. The van der Waals surface area contributed by atoms with Gasteiger partial charge in [-0.2, -0.15) is 0 Å². The molecular formula is C14H19FN2. The van der Waals surface area contributed by atoms with Crippen LogP contribution in [0.1, 0.15) is 12.0 Å². The van der Waals surface area contributed by atoms with Crippen LogP contribution in [0, 0.1) is 0 Å². The molecule has 17 heavy (non-hydrogen) atoms. The van der Waals surface area contributed by atoms with E-state index in [1.807, 2.05) is 6.07 Å². The van der Waals surface area contributed by atoms with Gasteiger partial charge in [0.15, 0.2) is 0 Å². The van der Waals surface area contributed by atoms with Crippen molar-refractivity contribution in [2.45, 2.75) is 25.2 Å². The molecule has 3 heteroatoms. The van der Waals surface area contributed by atoms with E-state index in [0.29, 0.717) is 12.6 Å². The largest absolute Gasteiger partial charge is 0.296 e. The smallest absolute Gasteiger partial charge is 0.114 e. The first-order valence-corrected chi connectivity index (χ1v) is 6.45. The van der Waals surface area contributed by atoms with Crippen molar-refractivity contribution in [2.75, 3.05) is 26.2 Å². The average molecular weight is 234 g/mol. The van der Waals surface area contributed by atoms with Crippen molar-refractivity contribution < 1.29 is 4.39 Å². The van der Waals surface area contributed by atoms with E-state index in [1.54, 1.807) is 0 Å². The van der Waals surface area contributed by atoms with E-state index in [1.165, 1.54) is 5.56 Å². The summed E-state index contributed by atoms with van der Waals surface area (Å²) >= 11 is 0. The van der Waals surface area contributed by atoms with Gasteiger partial charge in [-0.05, 0) is 12.0 Å². The number of hydrogen-bond acceptors (Lipinski definition) is 2. The maximum atomic E-state index is 13.3. The Morgan fingerprint density at radius 2 is 1.94 bits per heavy atom. The Kier molecular flexibility index (Phi) is 3.12. The second-order valence-corrected chi connectivity index (χ2v) is 5.20. The average Bonchev–Trinajstić information content (AvgIpc) is 2.70. The molecule has 2 aliphatic rings. The topological polar surface area (TPSA) is 6.48 Å². The molecule has 2 aliphatic heterocycles. The fraction of sp³-hybridized carbons (Fsp3) is 0.571. The third-order valence-electron chi connectivity index (χ3n) is 3.90. The zero-order valence-electron chi connectivity index (χ0n) is 10.1. The first kappa shape index (κ1) is 11.2. The number of hydrogen-bond donors (Lipinski definition) is 0. The van der Waals surface area contributed by atoms with Crippen molar-refractivity contribution in [3.63, 3.8) is 0 Å². The Morgan fingerprint density at radius 1 is 1.12 bits per heavy atom. The van der Waals surface area contributed by atoms with Crippen molar-refractivity contribution in [3.8, 4) is 0 Å². The van der Waals surface area contributed by atoms with Gasteiger partial charge in [0, 0.05) is 38.8 Å². The molecule has 0 bridgehead atoms. The molecule has 0 spiro atoms. The van der Waals surface area contributed by atoms with E-state index < -0.39 is 6.17 Å². The van der Waals surface area contributed by atoms with Gasteiger partial charge in [-0.25, -0.2) is 4.39 Å². The van der Waals surface area contributed by atoms with Crippen LogP contribution in [-0.4, -0.2) is 48.2 Å². The van der Waals surface area contributed by atoms with Gasteiger partial charge in [-0.3, -0.25) is 9.80 Å². The lowest BCUT2D eigenvalue weighted by Gasteiger charge is -2.37. The molecule has 92 valence electrons. The molecule has 0 unspecified atom stereocenters. The molecule has 2 saturated heterocycles. The highest BCUT2D eigenvalue weighted by atomic mass is 19.1. The number of rotatable bonds is 2. The van der Waals surface area contributed by atoms with Crippen molar-refractivity contribution in [2.24, 2.45) is 0 Å². The van der Waals surface area contributed by atoms with Gasteiger partial charge in [0.2, 0.25) is 0 Å². The Morgan fingerprint density at radius 3 is 2.76 bits per heavy atom. The number of halogens is 1. The molecule has 0 N–H and O–H groups in total. The van der Waals surface area contributed by atoms with E-state index in [0.717, 1.165) is 32.6 Å². The zero-order valence-corrected chi connectivity index (χ0v) is 10.1. The molecule has 3 rings (SSSR count). The van der Waals surface area contributed by atoms with E-state index in [4.69, 9.17) is 0 Å². The molecule has 2 heterocycles. The summed E-state index contributed by atoms with van der Waals surface area (Å²) in [6.45, 7) is 4.78. The van der Waals surface area contributed by atoms with Gasteiger partial charge in [0.1, 0.15) is 6.17 Å². The summed E-state index contributed by atoms with van der Waals surface area (Å²) < 4.78 is 13.3. The lowest BCUT2D eigenvalue weighted by Crippen LogP contribution is -2.49. The molecular weight excluding hydrogens is 215 g/mol. The lowest BCUT2D eigenvalue weighted by atomic mass is 10.1. The van der Waals surface area contributed by atoms with Crippen molar-refractivity contribution in [3.05, 3.63) is 35.9 Å². The first-order valence-electron chi connectivity index (χ1n) is 6.45. The minimum Gasteiger partial charge on any atom is -0.296 e. The quantitative estimate of drug-likeness (QED) is 0.771. The highest BCUT2D eigenvalue weighted by molar-refractivity contribution is 5.14. The third kappa shape index (κ3) is 2.50. The van der Waals surface area contributed by atoms with Crippen LogP contribution in [0.5, 0.6) is 0 Å². The van der Waals surface area contributed by atoms with Crippen LogP contribution in [0.25, 0.3) is 0 Å². The van der Waals surface area contributed by atoms with Gasteiger partial charge in [-0.15, -0.1) is 0 Å². The van der Waals surface area contributed by atoms with Crippen LogP contribution in [0.2, 0.25) is 0 Å². The van der Waals surface area contributed by atoms with Crippen LogP contribution < -0.4 is 0 Å². The first-order chi connectivity index (χ1) is 8.31. The number of piperazine rings is 1. The summed E-state index contributed by atoms with van der Waals surface area (Å²) in [4.78, 5) is 4.76. The van der Waals surface area contributed by atoms with Gasteiger partial charge >= 0.3 is 0 Å². The molecule has 2 atom stereocenters. The third-order valence-corrected chi connectivity index (χ3v) is 3.90. The van der Waals surface area contributed by atoms with Crippen LogP contribution in [0.3, 0.4) is 0 Å². The zero-order chi connectivity index (χ0) is 11.7. The molecule has 2 fully saturated rings. The fourth-order valence-electron chi connectivity index (χ4n) is 3.03. The van der Waals surface area contributed by atoms with E-state index in [-0.39, 0.29) is 0 Å². The molecule has 0 radical (unpaired) electrons. The van der Waals surface area contributed by atoms with Crippen molar-refractivity contribution >= 4 is 0 Å². The Hall–Kier alpha value is -0.930. The van der Waals surface area contributed by atoms with Crippen LogP contribution >= 0.6 is 0 Å². The van der Waals surface area contributed by atoms with Crippen molar-refractivity contribution in [1.82, 2.24) is 9.80 Å². The van der Waals surface area contributed by atoms with Gasteiger partial charge in [-0.1, -0.05) is 30.3 Å². The second-order valence-electron chi connectivity index (χ2n) is 5.20. The van der Waals surface area contributed by atoms with Crippen molar-refractivity contribution in [1.29, 1.82) is 0 Å². The number of alkyl halides is 1. The van der Waals surface area contributed by atoms with E-state index >= 15 is 0 Å². The summed E-state index contributed by atoms with van der Waals surface area (Å²) in [5.41, 5.74) is 1.36. The van der Waals surface area contributed by atoms with Gasteiger partial charge < -0.3 is 0 Å².